The van der Waals surface area contributed by atoms with Crippen LogP contribution >= 0.6 is 0 Å². The molecule has 4 rings (SSSR count). The van der Waals surface area contributed by atoms with Gasteiger partial charge in [-0.25, -0.2) is 0 Å². The summed E-state index contributed by atoms with van der Waals surface area (Å²) in [6, 6.07) is 10.5. The lowest BCUT2D eigenvalue weighted by molar-refractivity contribution is -0.114. The van der Waals surface area contributed by atoms with Gasteiger partial charge in [-0.3, -0.25) is 9.59 Å². The van der Waals surface area contributed by atoms with Crippen LogP contribution < -0.4 is 30.0 Å². The summed E-state index contributed by atoms with van der Waals surface area (Å²) >= 11 is 0. The van der Waals surface area contributed by atoms with Crippen LogP contribution in [-0.4, -0.2) is 25.9 Å². The van der Waals surface area contributed by atoms with Gasteiger partial charge in [0.2, 0.25) is 20.0 Å². The van der Waals surface area contributed by atoms with Crippen molar-refractivity contribution in [1.29, 1.82) is 0 Å². The first-order valence-corrected chi connectivity index (χ1v) is 8.37. The van der Waals surface area contributed by atoms with E-state index in [1.165, 1.54) is 0 Å². The molecule has 8 heteroatoms. The van der Waals surface area contributed by atoms with Crippen LogP contribution in [0.3, 0.4) is 0 Å². The average Bonchev–Trinajstić information content (AvgIpc) is 3.33. The van der Waals surface area contributed by atoms with E-state index in [4.69, 9.17) is 24.7 Å². The average molecular weight is 380 g/mol. The van der Waals surface area contributed by atoms with Gasteiger partial charge >= 0.3 is 0 Å². The molecule has 0 radical (unpaired) electrons. The van der Waals surface area contributed by atoms with Crippen LogP contribution in [0.15, 0.2) is 47.7 Å². The van der Waals surface area contributed by atoms with Crippen molar-refractivity contribution >= 4 is 24.5 Å². The molecule has 0 unspecified atom stereocenters. The second-order valence-corrected chi connectivity index (χ2v) is 5.97. The third-order valence-corrected chi connectivity index (χ3v) is 4.19. The Hall–Kier alpha value is -3.94. The summed E-state index contributed by atoms with van der Waals surface area (Å²) in [7, 11) is 0. The van der Waals surface area contributed by atoms with Gasteiger partial charge in [-0.05, 0) is 47.5 Å². The zero-order valence-electron chi connectivity index (χ0n) is 14.6. The quantitative estimate of drug-likeness (QED) is 0.449. The van der Waals surface area contributed by atoms with E-state index in [9.17, 15) is 9.59 Å². The standard InChI is InChI=1S/C20H16N2O6/c21-20(24)14(5-12-1-3-16-18(7-12)27-10-25-16)15(22-9-23)6-13-2-4-17-19(8-13)28-11-26-17/h1-9H,10-11H2,(H2,21,24)(H,22,23)/b14-5-,15-6-. The number of nitrogens with one attached hydrogen (secondary N) is 1. The molecule has 0 saturated carbocycles. The molecule has 0 atom stereocenters. The number of carbonyl (C=O) groups excluding carboxylic acids is 2. The van der Waals surface area contributed by atoms with Gasteiger partial charge in [-0.1, -0.05) is 12.1 Å². The van der Waals surface area contributed by atoms with E-state index in [2.05, 4.69) is 5.32 Å². The summed E-state index contributed by atoms with van der Waals surface area (Å²) in [5, 5.41) is 2.54. The van der Waals surface area contributed by atoms with Gasteiger partial charge < -0.3 is 30.0 Å². The minimum Gasteiger partial charge on any atom is -0.454 e. The molecule has 0 fully saturated rings. The zero-order chi connectivity index (χ0) is 19.5. The van der Waals surface area contributed by atoms with Gasteiger partial charge in [0.05, 0.1) is 11.3 Å². The SMILES string of the molecule is NC(=O)C(=C\c1ccc2c(c1)OCO2)/C(=C/c1ccc2c(c1)OCO2)NC=O. The maximum Gasteiger partial charge on any atom is 0.250 e. The molecule has 142 valence electrons. The molecular formula is C20H16N2O6. The van der Waals surface area contributed by atoms with Crippen molar-refractivity contribution < 1.29 is 28.5 Å². The predicted molar refractivity (Wildman–Crippen MR) is 99.5 cm³/mol. The third-order valence-electron chi connectivity index (χ3n) is 4.19. The highest BCUT2D eigenvalue weighted by Crippen LogP contribution is 2.34. The van der Waals surface area contributed by atoms with Crippen LogP contribution in [0.4, 0.5) is 0 Å². The van der Waals surface area contributed by atoms with E-state index in [1.54, 1.807) is 48.6 Å². The summed E-state index contributed by atoms with van der Waals surface area (Å²) in [6.45, 7) is 0.297. The Bertz CT molecular complexity index is 1010. The Morgan fingerprint density at radius 1 is 0.857 bits per heavy atom. The molecule has 2 heterocycles. The van der Waals surface area contributed by atoms with Crippen molar-refractivity contribution in [3.63, 3.8) is 0 Å². The number of benzene rings is 2. The molecule has 0 aliphatic carbocycles. The van der Waals surface area contributed by atoms with E-state index in [-0.39, 0.29) is 24.9 Å². The van der Waals surface area contributed by atoms with Crippen molar-refractivity contribution in [3.05, 3.63) is 58.8 Å². The van der Waals surface area contributed by atoms with Crippen LogP contribution in [0.5, 0.6) is 23.0 Å². The molecule has 2 aliphatic rings. The van der Waals surface area contributed by atoms with E-state index >= 15 is 0 Å². The summed E-state index contributed by atoms with van der Waals surface area (Å²) in [6.07, 6.45) is 3.68. The molecule has 2 aromatic carbocycles. The minimum atomic E-state index is -0.695. The fourth-order valence-corrected chi connectivity index (χ4v) is 2.88. The number of primary amides is 1. The van der Waals surface area contributed by atoms with Gasteiger partial charge in [-0.2, -0.15) is 0 Å². The molecule has 0 spiro atoms. The summed E-state index contributed by atoms with van der Waals surface area (Å²) in [5.41, 5.74) is 7.31. The Morgan fingerprint density at radius 3 is 1.93 bits per heavy atom. The summed E-state index contributed by atoms with van der Waals surface area (Å²) < 4.78 is 21.3. The first kappa shape index (κ1) is 17.5. The Kier molecular flexibility index (Phi) is 4.59. The van der Waals surface area contributed by atoms with Crippen LogP contribution in [0.2, 0.25) is 0 Å². The maximum atomic E-state index is 12.1. The zero-order valence-corrected chi connectivity index (χ0v) is 14.6. The highest BCUT2D eigenvalue weighted by atomic mass is 16.7. The monoisotopic (exact) mass is 380 g/mol. The third kappa shape index (κ3) is 3.48. The maximum absolute atomic E-state index is 12.1. The van der Waals surface area contributed by atoms with Crippen LogP contribution in [0.25, 0.3) is 12.2 Å². The lowest BCUT2D eigenvalue weighted by atomic mass is 10.0. The number of carbonyl (C=O) groups is 2. The van der Waals surface area contributed by atoms with Crippen molar-refractivity contribution in [2.75, 3.05) is 13.6 Å². The van der Waals surface area contributed by atoms with Crippen molar-refractivity contribution in [2.24, 2.45) is 5.73 Å². The number of nitrogens with two attached hydrogens (primary N) is 1. The van der Waals surface area contributed by atoms with E-state index in [0.717, 1.165) is 0 Å². The topological polar surface area (TPSA) is 109 Å². The molecule has 28 heavy (non-hydrogen) atoms. The van der Waals surface area contributed by atoms with Gasteiger partial charge in [0, 0.05) is 0 Å². The molecule has 3 N–H and O–H groups in total. The number of hydrogen-bond donors (Lipinski definition) is 2. The highest BCUT2D eigenvalue weighted by Gasteiger charge is 2.17. The molecule has 2 aliphatic heterocycles. The van der Waals surface area contributed by atoms with Crippen LogP contribution in [0.1, 0.15) is 11.1 Å². The van der Waals surface area contributed by atoms with E-state index in [1.807, 2.05) is 0 Å². The predicted octanol–water partition coefficient (Wildman–Crippen LogP) is 1.80. The first-order chi connectivity index (χ1) is 13.6. The second-order valence-electron chi connectivity index (χ2n) is 5.97. The minimum absolute atomic E-state index is 0.128. The number of rotatable bonds is 6. The molecule has 0 bridgehead atoms. The number of amides is 2. The fraction of sp³-hybridized carbons (Fsp3) is 0.100. The van der Waals surface area contributed by atoms with Crippen molar-refractivity contribution in [2.45, 2.75) is 0 Å². The Morgan fingerprint density at radius 2 is 1.39 bits per heavy atom. The van der Waals surface area contributed by atoms with Crippen LogP contribution in [-0.2, 0) is 9.59 Å². The number of fused-ring (bicyclic) bond motifs is 2. The lowest BCUT2D eigenvalue weighted by Gasteiger charge is -2.09. The lowest BCUT2D eigenvalue weighted by Crippen LogP contribution is -2.22. The normalized spacial score (nSPS) is 14.7. The Balaban J connectivity index is 1.72. The second kappa shape index (κ2) is 7.36. The van der Waals surface area contributed by atoms with Gasteiger partial charge in [0.25, 0.3) is 5.91 Å². The highest BCUT2D eigenvalue weighted by molar-refractivity contribution is 6.03. The molecule has 0 saturated heterocycles. The van der Waals surface area contributed by atoms with E-state index in [0.29, 0.717) is 40.5 Å². The number of hydrogen-bond acceptors (Lipinski definition) is 6. The van der Waals surface area contributed by atoms with Crippen LogP contribution in [0, 0.1) is 0 Å². The molecule has 8 nitrogen and oxygen atoms in total. The smallest absolute Gasteiger partial charge is 0.250 e. The van der Waals surface area contributed by atoms with Gasteiger partial charge in [0.1, 0.15) is 0 Å². The van der Waals surface area contributed by atoms with Gasteiger partial charge in [-0.15, -0.1) is 0 Å². The largest absolute Gasteiger partial charge is 0.454 e. The first-order valence-electron chi connectivity index (χ1n) is 8.37. The fourth-order valence-electron chi connectivity index (χ4n) is 2.88. The summed E-state index contributed by atoms with van der Waals surface area (Å²) in [4.78, 5) is 23.2. The molecule has 2 amide bonds. The van der Waals surface area contributed by atoms with Crippen molar-refractivity contribution in [3.8, 4) is 23.0 Å². The van der Waals surface area contributed by atoms with Crippen molar-refractivity contribution in [1.82, 2.24) is 5.32 Å². The molecule has 0 aromatic heterocycles. The molecular weight excluding hydrogens is 364 g/mol. The number of ether oxygens (including phenoxy) is 4. The van der Waals surface area contributed by atoms with Gasteiger partial charge in [0.15, 0.2) is 23.0 Å². The Labute approximate surface area is 160 Å². The summed E-state index contributed by atoms with van der Waals surface area (Å²) in [5.74, 6) is 1.72. The van der Waals surface area contributed by atoms with E-state index < -0.39 is 5.91 Å². The molecule has 2 aromatic rings.